The fourth-order valence-electron chi connectivity index (χ4n) is 2.44. The molecule has 0 atom stereocenters. The molecule has 27 heavy (non-hydrogen) atoms. The summed E-state index contributed by atoms with van der Waals surface area (Å²) in [6.07, 6.45) is 4.80. The van der Waals surface area contributed by atoms with E-state index in [1.807, 2.05) is 24.3 Å². The first kappa shape index (κ1) is 19.1. The van der Waals surface area contributed by atoms with E-state index >= 15 is 0 Å². The second kappa shape index (κ2) is 8.32. The van der Waals surface area contributed by atoms with Crippen molar-refractivity contribution in [3.63, 3.8) is 0 Å². The number of non-ortho nitro benzene ring substituents is 1. The first-order valence-corrected chi connectivity index (χ1v) is 9.46. The second-order valence-corrected chi connectivity index (χ2v) is 7.44. The van der Waals surface area contributed by atoms with Crippen molar-refractivity contribution in [1.82, 2.24) is 4.90 Å². The van der Waals surface area contributed by atoms with Gasteiger partial charge >= 0.3 is 0 Å². The number of carbonyl (C=O) groups is 2. The Morgan fingerprint density at radius 3 is 2.67 bits per heavy atom. The van der Waals surface area contributed by atoms with E-state index in [0.29, 0.717) is 10.5 Å². The molecule has 2 aromatic carbocycles. The van der Waals surface area contributed by atoms with Crippen LogP contribution in [0.3, 0.4) is 0 Å². The normalized spacial score (nSPS) is 15.9. The molecular formula is C19H13BrN2O4S. The Kier molecular flexibility index (Phi) is 5.88. The summed E-state index contributed by atoms with van der Waals surface area (Å²) in [6.45, 7) is 0.192. The first-order chi connectivity index (χ1) is 13.0. The third-order valence-corrected chi connectivity index (χ3v) is 5.48. The topological polar surface area (TPSA) is 80.5 Å². The van der Waals surface area contributed by atoms with E-state index in [2.05, 4.69) is 15.9 Å². The summed E-state index contributed by atoms with van der Waals surface area (Å²) < 4.78 is 0.832. The second-order valence-electron chi connectivity index (χ2n) is 5.59. The van der Waals surface area contributed by atoms with Crippen LogP contribution in [0.2, 0.25) is 0 Å². The third kappa shape index (κ3) is 4.53. The maximum absolute atomic E-state index is 12.5. The maximum Gasteiger partial charge on any atom is 0.293 e. The van der Waals surface area contributed by atoms with Gasteiger partial charge in [0.2, 0.25) is 0 Å². The highest BCUT2D eigenvalue weighted by atomic mass is 79.9. The molecule has 3 rings (SSSR count). The van der Waals surface area contributed by atoms with E-state index in [1.165, 1.54) is 17.0 Å². The van der Waals surface area contributed by atoms with E-state index in [0.717, 1.165) is 21.8 Å². The largest absolute Gasteiger partial charge is 0.293 e. The van der Waals surface area contributed by atoms with Crippen molar-refractivity contribution >= 4 is 50.6 Å². The number of amides is 2. The van der Waals surface area contributed by atoms with Crippen LogP contribution in [0, 0.1) is 10.1 Å². The summed E-state index contributed by atoms with van der Waals surface area (Å²) in [6, 6.07) is 13.6. The average molecular weight is 445 g/mol. The predicted molar refractivity (Wildman–Crippen MR) is 108 cm³/mol. The summed E-state index contributed by atoms with van der Waals surface area (Å²) in [5, 5.41) is 10.5. The van der Waals surface area contributed by atoms with Crippen molar-refractivity contribution in [3.8, 4) is 0 Å². The number of benzene rings is 2. The number of allylic oxidation sites excluding steroid dienone is 2. The van der Waals surface area contributed by atoms with Gasteiger partial charge in [-0.3, -0.25) is 24.6 Å². The molecule has 1 aliphatic heterocycles. The summed E-state index contributed by atoms with van der Waals surface area (Å²) in [5.41, 5.74) is 1.46. The molecule has 2 amide bonds. The van der Waals surface area contributed by atoms with Gasteiger partial charge in [-0.2, -0.15) is 0 Å². The van der Waals surface area contributed by atoms with Gasteiger partial charge < -0.3 is 0 Å². The highest BCUT2D eigenvalue weighted by Crippen LogP contribution is 2.32. The van der Waals surface area contributed by atoms with Gasteiger partial charge in [0.15, 0.2) is 0 Å². The van der Waals surface area contributed by atoms with Gasteiger partial charge in [0.1, 0.15) is 0 Å². The summed E-state index contributed by atoms with van der Waals surface area (Å²) in [5.74, 6) is -0.357. The zero-order valence-electron chi connectivity index (χ0n) is 13.9. The molecule has 136 valence electrons. The number of hydrogen-bond donors (Lipinski definition) is 0. The SMILES string of the molecule is O=C1S/C(=C\C=C\c2cccc([N+](=O)[O-])c2)C(=O)N1Cc1ccccc1Br. The minimum absolute atomic E-state index is 0.00842. The Morgan fingerprint density at radius 2 is 1.93 bits per heavy atom. The fraction of sp³-hybridized carbons (Fsp3) is 0.0526. The van der Waals surface area contributed by atoms with Crippen molar-refractivity contribution in [2.45, 2.75) is 6.54 Å². The summed E-state index contributed by atoms with van der Waals surface area (Å²) in [7, 11) is 0. The Balaban J connectivity index is 1.73. The van der Waals surface area contributed by atoms with E-state index < -0.39 is 4.92 Å². The number of nitrogens with zero attached hydrogens (tertiary/aromatic N) is 2. The average Bonchev–Trinajstić information content (AvgIpc) is 2.91. The molecule has 0 unspecified atom stereocenters. The monoisotopic (exact) mass is 444 g/mol. The van der Waals surface area contributed by atoms with Gasteiger partial charge in [0.05, 0.1) is 16.4 Å². The van der Waals surface area contributed by atoms with Crippen molar-refractivity contribution in [2.24, 2.45) is 0 Å². The molecule has 8 heteroatoms. The highest BCUT2D eigenvalue weighted by molar-refractivity contribution is 9.10. The minimum atomic E-state index is -0.468. The molecule has 0 N–H and O–H groups in total. The van der Waals surface area contributed by atoms with Crippen molar-refractivity contribution in [2.75, 3.05) is 0 Å². The molecule has 1 heterocycles. The molecule has 0 saturated carbocycles. The minimum Gasteiger partial charge on any atom is -0.268 e. The molecule has 0 spiro atoms. The van der Waals surface area contributed by atoms with Crippen LogP contribution in [-0.4, -0.2) is 21.0 Å². The van der Waals surface area contributed by atoms with Gasteiger partial charge in [-0.25, -0.2) is 0 Å². The standard InChI is InChI=1S/C19H13BrN2O4S/c20-16-9-2-1-7-14(16)12-21-18(23)17(27-19(21)24)10-4-6-13-5-3-8-15(11-13)22(25)26/h1-11H,12H2/b6-4+,17-10-. The zero-order valence-corrected chi connectivity index (χ0v) is 16.3. The zero-order chi connectivity index (χ0) is 19.4. The number of rotatable bonds is 5. The van der Waals surface area contributed by atoms with Crippen LogP contribution >= 0.6 is 27.7 Å². The molecule has 2 aromatic rings. The molecule has 1 aliphatic rings. The summed E-state index contributed by atoms with van der Waals surface area (Å²) >= 11 is 4.29. The molecule has 6 nitrogen and oxygen atoms in total. The van der Waals surface area contributed by atoms with E-state index in [1.54, 1.807) is 30.4 Å². The lowest BCUT2D eigenvalue weighted by Gasteiger charge is -2.13. The Hall–Kier alpha value is -2.71. The van der Waals surface area contributed by atoms with Crippen LogP contribution in [-0.2, 0) is 11.3 Å². The van der Waals surface area contributed by atoms with Crippen LogP contribution in [0.5, 0.6) is 0 Å². The molecule has 1 saturated heterocycles. The summed E-state index contributed by atoms with van der Waals surface area (Å²) in [4.78, 5) is 36.5. The number of nitro groups is 1. The molecule has 0 aliphatic carbocycles. The van der Waals surface area contributed by atoms with Crippen LogP contribution in [0.25, 0.3) is 6.08 Å². The van der Waals surface area contributed by atoms with Crippen molar-refractivity contribution in [1.29, 1.82) is 0 Å². The maximum atomic E-state index is 12.5. The number of nitro benzene ring substituents is 1. The van der Waals surface area contributed by atoms with Crippen LogP contribution in [0.4, 0.5) is 10.5 Å². The molecule has 0 radical (unpaired) electrons. The molecule has 1 fully saturated rings. The van der Waals surface area contributed by atoms with Crippen LogP contribution < -0.4 is 0 Å². The van der Waals surface area contributed by atoms with Crippen LogP contribution in [0.15, 0.2) is 70.1 Å². The number of halogens is 1. The lowest BCUT2D eigenvalue weighted by molar-refractivity contribution is -0.384. The Bertz CT molecular complexity index is 987. The molecule has 0 bridgehead atoms. The fourth-order valence-corrected chi connectivity index (χ4v) is 3.64. The highest BCUT2D eigenvalue weighted by Gasteiger charge is 2.34. The van der Waals surface area contributed by atoms with Crippen molar-refractivity contribution < 1.29 is 14.5 Å². The van der Waals surface area contributed by atoms with Gasteiger partial charge in [-0.05, 0) is 35.0 Å². The third-order valence-electron chi connectivity index (χ3n) is 3.78. The van der Waals surface area contributed by atoms with Gasteiger partial charge in [-0.15, -0.1) is 0 Å². The smallest absolute Gasteiger partial charge is 0.268 e. The number of carbonyl (C=O) groups excluding carboxylic acids is 2. The Labute approximate surface area is 167 Å². The quantitative estimate of drug-likeness (QED) is 0.361. The van der Waals surface area contributed by atoms with E-state index in [9.17, 15) is 19.7 Å². The number of thioether (sulfide) groups is 1. The van der Waals surface area contributed by atoms with E-state index in [-0.39, 0.29) is 23.4 Å². The number of hydrogen-bond acceptors (Lipinski definition) is 5. The lowest BCUT2D eigenvalue weighted by Crippen LogP contribution is -2.27. The van der Waals surface area contributed by atoms with Gasteiger partial charge in [0, 0.05) is 16.6 Å². The predicted octanol–water partition coefficient (Wildman–Crippen LogP) is 5.15. The lowest BCUT2D eigenvalue weighted by atomic mass is 10.2. The first-order valence-electron chi connectivity index (χ1n) is 7.85. The number of imide groups is 1. The van der Waals surface area contributed by atoms with Gasteiger partial charge in [0.25, 0.3) is 16.8 Å². The van der Waals surface area contributed by atoms with Crippen LogP contribution in [0.1, 0.15) is 11.1 Å². The Morgan fingerprint density at radius 1 is 1.15 bits per heavy atom. The van der Waals surface area contributed by atoms with Gasteiger partial charge in [-0.1, -0.05) is 58.4 Å². The van der Waals surface area contributed by atoms with E-state index in [4.69, 9.17) is 0 Å². The molecule has 0 aromatic heterocycles. The van der Waals surface area contributed by atoms with Crippen molar-refractivity contribution in [3.05, 3.63) is 91.3 Å². The molecular weight excluding hydrogens is 432 g/mol.